The number of nitrogens with zero attached hydrogens (tertiary/aromatic N) is 4. The van der Waals surface area contributed by atoms with Gasteiger partial charge in [0.2, 0.25) is 11.4 Å². The van der Waals surface area contributed by atoms with Gasteiger partial charge in [-0.05, 0) is 36.6 Å². The van der Waals surface area contributed by atoms with E-state index >= 15 is 0 Å². The number of fused-ring (bicyclic) bond motifs is 2. The molecule has 0 bridgehead atoms. The minimum atomic E-state index is -1.10. The Hall–Kier alpha value is -4.42. The fourth-order valence-corrected chi connectivity index (χ4v) is 6.65. The molecule has 4 aromatic heterocycles. The Kier molecular flexibility index (Phi) is 6.56. The second-order valence-electron chi connectivity index (χ2n) is 10.3. The summed E-state index contributed by atoms with van der Waals surface area (Å²) in [6.07, 6.45) is 4.79. The van der Waals surface area contributed by atoms with Crippen molar-refractivity contribution in [3.63, 3.8) is 0 Å². The van der Waals surface area contributed by atoms with Gasteiger partial charge in [0.15, 0.2) is 11.5 Å². The number of ether oxygens (including phenoxy) is 1. The zero-order chi connectivity index (χ0) is 27.9. The van der Waals surface area contributed by atoms with Gasteiger partial charge in [0.25, 0.3) is 0 Å². The maximum Gasteiger partial charge on any atom is 0.410 e. The van der Waals surface area contributed by atoms with Crippen LogP contribution in [0.1, 0.15) is 31.7 Å². The minimum absolute atomic E-state index is 0.0427. The van der Waals surface area contributed by atoms with Crippen LogP contribution in [0.4, 0.5) is 28.1 Å². The lowest BCUT2D eigenvalue weighted by molar-refractivity contribution is 0.121. The molecule has 1 aromatic carbocycles. The molecule has 7 rings (SSSR count). The van der Waals surface area contributed by atoms with Gasteiger partial charge in [-0.3, -0.25) is 10.1 Å². The van der Waals surface area contributed by atoms with Crippen molar-refractivity contribution in [3.8, 4) is 11.1 Å². The number of aromatic nitrogens is 3. The lowest BCUT2D eigenvalue weighted by atomic mass is 10.1. The van der Waals surface area contributed by atoms with Crippen LogP contribution in [0.5, 0.6) is 0 Å². The van der Waals surface area contributed by atoms with E-state index in [-0.39, 0.29) is 11.5 Å². The quantitative estimate of drug-likeness (QED) is 0.222. The van der Waals surface area contributed by atoms with E-state index in [4.69, 9.17) is 14.1 Å². The van der Waals surface area contributed by atoms with Gasteiger partial charge >= 0.3 is 6.09 Å². The molecule has 5 aromatic rings. The van der Waals surface area contributed by atoms with Crippen LogP contribution >= 0.6 is 11.3 Å². The average molecular weight is 573 g/mol. The number of carboxylic acid groups (broad SMARTS) is 1. The van der Waals surface area contributed by atoms with Crippen molar-refractivity contribution in [1.82, 2.24) is 14.5 Å². The standard InChI is InChI=1S/C29H28N6O5S/c36-22-14-24(34-9-11-39-12-10-34)40-25-21(16-41-26(22)25)17-5-7-19(8-6-17)31-28-30-15-18-13-23(32-29(37)38)35(27(18)33-28)20-3-1-2-4-20/h5-8,13-16,20,32H,1-4,9-12H2,(H,37,38)(H,30,31,33). The second kappa shape index (κ2) is 10.5. The number of thiophene rings is 1. The van der Waals surface area contributed by atoms with Crippen LogP contribution in [0.25, 0.3) is 32.4 Å². The molecule has 2 fully saturated rings. The molecule has 210 valence electrons. The molecule has 2 aliphatic rings. The Morgan fingerprint density at radius 2 is 1.88 bits per heavy atom. The number of hydrogen-bond donors (Lipinski definition) is 3. The topological polar surface area (TPSA) is 135 Å². The summed E-state index contributed by atoms with van der Waals surface area (Å²) in [5, 5.41) is 17.9. The molecular formula is C29H28N6O5S. The molecule has 0 unspecified atom stereocenters. The molecule has 3 N–H and O–H groups in total. The van der Waals surface area contributed by atoms with Crippen molar-refractivity contribution in [2.45, 2.75) is 31.7 Å². The van der Waals surface area contributed by atoms with E-state index in [2.05, 4.69) is 15.6 Å². The van der Waals surface area contributed by atoms with E-state index in [1.165, 1.54) is 11.3 Å². The van der Waals surface area contributed by atoms with E-state index in [1.54, 1.807) is 18.3 Å². The highest BCUT2D eigenvalue weighted by Gasteiger charge is 2.24. The second-order valence-corrected chi connectivity index (χ2v) is 11.2. The average Bonchev–Trinajstić information content (AvgIpc) is 3.72. The molecule has 1 saturated heterocycles. The zero-order valence-corrected chi connectivity index (χ0v) is 22.9. The number of amides is 1. The summed E-state index contributed by atoms with van der Waals surface area (Å²) in [5.41, 5.74) is 3.85. The lowest BCUT2D eigenvalue weighted by Crippen LogP contribution is -2.36. The molecule has 0 atom stereocenters. The monoisotopic (exact) mass is 572 g/mol. The largest absolute Gasteiger partial charge is 0.465 e. The van der Waals surface area contributed by atoms with Gasteiger partial charge < -0.3 is 29.0 Å². The van der Waals surface area contributed by atoms with Crippen LogP contribution in [0.3, 0.4) is 0 Å². The maximum atomic E-state index is 12.8. The van der Waals surface area contributed by atoms with E-state index in [9.17, 15) is 14.7 Å². The van der Waals surface area contributed by atoms with Crippen molar-refractivity contribution in [2.75, 3.05) is 41.8 Å². The van der Waals surface area contributed by atoms with Gasteiger partial charge in [-0.1, -0.05) is 25.0 Å². The third kappa shape index (κ3) is 4.89. The molecule has 1 aliphatic heterocycles. The number of hydrogen-bond acceptors (Lipinski definition) is 9. The molecule has 0 radical (unpaired) electrons. The molecule has 5 heterocycles. The third-order valence-electron chi connectivity index (χ3n) is 7.71. The summed E-state index contributed by atoms with van der Waals surface area (Å²) < 4.78 is 14.3. The normalized spacial score (nSPS) is 16.0. The van der Waals surface area contributed by atoms with Crippen LogP contribution in [0.15, 0.2) is 57.2 Å². The number of carbonyl (C=O) groups is 1. The predicted molar refractivity (Wildman–Crippen MR) is 159 cm³/mol. The maximum absolute atomic E-state index is 12.8. The number of morpholine rings is 1. The molecule has 41 heavy (non-hydrogen) atoms. The molecule has 0 spiro atoms. The number of rotatable bonds is 6. The summed E-state index contributed by atoms with van der Waals surface area (Å²) in [5.74, 6) is 1.51. The van der Waals surface area contributed by atoms with Gasteiger partial charge in [-0.25, -0.2) is 9.78 Å². The first-order valence-corrected chi connectivity index (χ1v) is 14.5. The summed E-state index contributed by atoms with van der Waals surface area (Å²) in [4.78, 5) is 35.5. The van der Waals surface area contributed by atoms with Gasteiger partial charge in [0.05, 0.1) is 13.2 Å². The smallest absolute Gasteiger partial charge is 0.410 e. The van der Waals surface area contributed by atoms with Crippen LogP contribution in [0, 0.1) is 0 Å². The molecule has 1 saturated carbocycles. The van der Waals surface area contributed by atoms with E-state index in [0.29, 0.717) is 59.9 Å². The van der Waals surface area contributed by atoms with Gasteiger partial charge in [-0.15, -0.1) is 11.3 Å². The summed E-state index contributed by atoms with van der Waals surface area (Å²) in [7, 11) is 0. The van der Waals surface area contributed by atoms with Gasteiger partial charge in [0.1, 0.15) is 16.2 Å². The van der Waals surface area contributed by atoms with Crippen molar-refractivity contribution < 1.29 is 19.1 Å². The van der Waals surface area contributed by atoms with Crippen LogP contribution in [0.2, 0.25) is 0 Å². The Balaban J connectivity index is 1.17. The fourth-order valence-electron chi connectivity index (χ4n) is 5.74. The minimum Gasteiger partial charge on any atom is -0.465 e. The summed E-state index contributed by atoms with van der Waals surface area (Å²) >= 11 is 1.39. The highest BCUT2D eigenvalue weighted by molar-refractivity contribution is 7.17. The third-order valence-corrected chi connectivity index (χ3v) is 8.68. The fraction of sp³-hybridized carbons (Fsp3) is 0.310. The van der Waals surface area contributed by atoms with Crippen molar-refractivity contribution in [2.24, 2.45) is 0 Å². The predicted octanol–water partition coefficient (Wildman–Crippen LogP) is 6.05. The Morgan fingerprint density at radius 1 is 1.10 bits per heavy atom. The number of anilines is 4. The number of nitrogens with one attached hydrogen (secondary N) is 2. The summed E-state index contributed by atoms with van der Waals surface area (Å²) in [6, 6.07) is 11.4. The van der Waals surface area contributed by atoms with Gasteiger partial charge in [0, 0.05) is 53.4 Å². The summed E-state index contributed by atoms with van der Waals surface area (Å²) in [6.45, 7) is 2.59. The van der Waals surface area contributed by atoms with Crippen LogP contribution in [-0.4, -0.2) is 52.0 Å². The number of benzene rings is 1. The molecule has 1 amide bonds. The van der Waals surface area contributed by atoms with E-state index in [0.717, 1.165) is 47.9 Å². The SMILES string of the molecule is O=C(O)Nc1cc2cnc(Nc3ccc(-c4csc5c(=O)cc(N6CCOCC6)oc45)cc3)nc2n1C1CCCC1. The lowest BCUT2D eigenvalue weighted by Gasteiger charge is -2.27. The van der Waals surface area contributed by atoms with Crippen molar-refractivity contribution in [1.29, 1.82) is 0 Å². The highest BCUT2D eigenvalue weighted by atomic mass is 32.1. The van der Waals surface area contributed by atoms with Crippen molar-refractivity contribution in [3.05, 3.63) is 58.2 Å². The van der Waals surface area contributed by atoms with E-state index in [1.807, 2.05) is 39.1 Å². The molecular weight excluding hydrogens is 544 g/mol. The molecule has 12 heteroatoms. The molecule has 11 nitrogen and oxygen atoms in total. The van der Waals surface area contributed by atoms with Crippen molar-refractivity contribution >= 4 is 62.1 Å². The first-order chi connectivity index (χ1) is 20.0. The van der Waals surface area contributed by atoms with Crippen LogP contribution < -0.4 is 21.0 Å². The van der Waals surface area contributed by atoms with E-state index < -0.39 is 6.09 Å². The Labute approximate surface area is 238 Å². The Morgan fingerprint density at radius 3 is 2.63 bits per heavy atom. The first kappa shape index (κ1) is 25.5. The zero-order valence-electron chi connectivity index (χ0n) is 22.1. The molecule has 1 aliphatic carbocycles. The highest BCUT2D eigenvalue weighted by Crippen LogP contribution is 2.37. The Bertz CT molecular complexity index is 1800. The van der Waals surface area contributed by atoms with Gasteiger partial charge in [-0.2, -0.15) is 4.98 Å². The van der Waals surface area contributed by atoms with Crippen LogP contribution in [-0.2, 0) is 4.74 Å². The first-order valence-electron chi connectivity index (χ1n) is 13.7.